The molecule has 3 aromatic rings. The van der Waals surface area contributed by atoms with Crippen LogP contribution in [0, 0.1) is 0 Å². The Morgan fingerprint density at radius 1 is 0.929 bits per heavy atom. The largest absolute Gasteiger partial charge is 0.372 e. The van der Waals surface area contributed by atoms with Crippen LogP contribution in [0.2, 0.25) is 0 Å². The van der Waals surface area contributed by atoms with Gasteiger partial charge in [0, 0.05) is 44.1 Å². The summed E-state index contributed by atoms with van der Waals surface area (Å²) in [5.41, 5.74) is 3.60. The van der Waals surface area contributed by atoms with Gasteiger partial charge in [0.05, 0.1) is 0 Å². The van der Waals surface area contributed by atoms with Crippen LogP contribution in [0.4, 0.5) is 23.0 Å². The van der Waals surface area contributed by atoms with Crippen molar-refractivity contribution in [2.45, 2.75) is 25.8 Å². The maximum Gasteiger partial charge on any atom is 0.135 e. The molecule has 144 valence electrons. The van der Waals surface area contributed by atoms with Crippen LogP contribution in [0.25, 0.3) is 0 Å². The van der Waals surface area contributed by atoms with E-state index in [0.717, 1.165) is 37.0 Å². The van der Waals surface area contributed by atoms with E-state index in [9.17, 15) is 0 Å². The molecule has 1 aliphatic heterocycles. The number of rotatable bonds is 6. The van der Waals surface area contributed by atoms with Crippen molar-refractivity contribution in [1.82, 2.24) is 9.97 Å². The molecule has 5 nitrogen and oxygen atoms in total. The predicted octanol–water partition coefficient (Wildman–Crippen LogP) is 4.85. The molecule has 1 fully saturated rings. The SMILES string of the molecule is CN(Cc1ccccc1)c1cc(Nc2ccc(N3CCCCC3)cc2)ncn1. The summed E-state index contributed by atoms with van der Waals surface area (Å²) in [4.78, 5) is 13.4. The van der Waals surface area contributed by atoms with E-state index in [-0.39, 0.29) is 0 Å². The lowest BCUT2D eigenvalue weighted by molar-refractivity contribution is 0.578. The van der Waals surface area contributed by atoms with E-state index in [1.807, 2.05) is 19.2 Å². The third kappa shape index (κ3) is 4.60. The molecule has 0 unspecified atom stereocenters. The van der Waals surface area contributed by atoms with Crippen LogP contribution in [0.1, 0.15) is 24.8 Å². The van der Waals surface area contributed by atoms with Gasteiger partial charge in [-0.2, -0.15) is 0 Å². The maximum atomic E-state index is 4.42. The Kier molecular flexibility index (Phi) is 5.71. The number of hydrogen-bond donors (Lipinski definition) is 1. The number of piperidine rings is 1. The molecule has 1 aliphatic rings. The first-order chi connectivity index (χ1) is 13.8. The average Bonchev–Trinajstić information content (AvgIpc) is 2.76. The number of hydrogen-bond acceptors (Lipinski definition) is 5. The van der Waals surface area contributed by atoms with E-state index >= 15 is 0 Å². The highest BCUT2D eigenvalue weighted by Gasteiger charge is 2.11. The Labute approximate surface area is 167 Å². The topological polar surface area (TPSA) is 44.3 Å². The normalized spacial score (nSPS) is 14.0. The second kappa shape index (κ2) is 8.74. The predicted molar refractivity (Wildman–Crippen MR) is 116 cm³/mol. The van der Waals surface area contributed by atoms with Crippen molar-refractivity contribution < 1.29 is 0 Å². The standard InChI is InChI=1S/C23H27N5/c1-27(17-19-8-4-2-5-9-19)23-16-22(24-18-25-23)26-20-10-12-21(13-11-20)28-14-6-3-7-15-28/h2,4-5,8-13,16,18H,3,6-7,14-15,17H2,1H3,(H,24,25,26). The Morgan fingerprint density at radius 2 is 1.68 bits per heavy atom. The molecular weight excluding hydrogens is 346 g/mol. The summed E-state index contributed by atoms with van der Waals surface area (Å²) in [5, 5.41) is 3.40. The van der Waals surface area contributed by atoms with Gasteiger partial charge in [0.2, 0.25) is 0 Å². The van der Waals surface area contributed by atoms with E-state index < -0.39 is 0 Å². The molecule has 0 atom stereocenters. The summed E-state index contributed by atoms with van der Waals surface area (Å²) in [5.74, 6) is 1.70. The zero-order chi connectivity index (χ0) is 19.2. The molecule has 0 bridgehead atoms. The summed E-state index contributed by atoms with van der Waals surface area (Å²) in [6.45, 7) is 3.13. The Morgan fingerprint density at radius 3 is 2.43 bits per heavy atom. The van der Waals surface area contributed by atoms with Gasteiger partial charge in [-0.25, -0.2) is 9.97 Å². The molecular formula is C23H27N5. The van der Waals surface area contributed by atoms with Gasteiger partial charge in [0.1, 0.15) is 18.0 Å². The molecule has 0 saturated carbocycles. The Bertz CT molecular complexity index is 873. The summed E-state index contributed by atoms with van der Waals surface area (Å²) >= 11 is 0. The van der Waals surface area contributed by atoms with Crippen LogP contribution >= 0.6 is 0 Å². The molecule has 1 saturated heterocycles. The molecule has 1 N–H and O–H groups in total. The van der Waals surface area contributed by atoms with Crippen molar-refractivity contribution >= 4 is 23.0 Å². The zero-order valence-corrected chi connectivity index (χ0v) is 16.4. The van der Waals surface area contributed by atoms with Crippen molar-refractivity contribution in [3.8, 4) is 0 Å². The monoisotopic (exact) mass is 373 g/mol. The fourth-order valence-electron chi connectivity index (χ4n) is 3.62. The number of aromatic nitrogens is 2. The molecule has 0 radical (unpaired) electrons. The van der Waals surface area contributed by atoms with E-state index in [0.29, 0.717) is 0 Å². The first-order valence-electron chi connectivity index (χ1n) is 9.97. The molecule has 28 heavy (non-hydrogen) atoms. The number of nitrogens with one attached hydrogen (secondary N) is 1. The number of anilines is 4. The van der Waals surface area contributed by atoms with Gasteiger partial charge >= 0.3 is 0 Å². The van der Waals surface area contributed by atoms with Crippen molar-refractivity contribution in [2.24, 2.45) is 0 Å². The molecule has 0 spiro atoms. The molecule has 2 aromatic carbocycles. The lowest BCUT2D eigenvalue weighted by atomic mass is 10.1. The average molecular weight is 374 g/mol. The van der Waals surface area contributed by atoms with E-state index in [2.05, 4.69) is 73.6 Å². The van der Waals surface area contributed by atoms with Crippen LogP contribution < -0.4 is 15.1 Å². The van der Waals surface area contributed by atoms with Crippen LogP contribution in [0.15, 0.2) is 67.0 Å². The van der Waals surface area contributed by atoms with Crippen molar-refractivity contribution in [3.63, 3.8) is 0 Å². The fraction of sp³-hybridized carbons (Fsp3) is 0.304. The lowest BCUT2D eigenvalue weighted by Crippen LogP contribution is -2.29. The minimum atomic E-state index is 0.802. The molecule has 2 heterocycles. The molecule has 1 aromatic heterocycles. The van der Waals surface area contributed by atoms with Gasteiger partial charge < -0.3 is 15.1 Å². The maximum absolute atomic E-state index is 4.42. The second-order valence-corrected chi connectivity index (χ2v) is 7.32. The number of nitrogens with zero attached hydrogens (tertiary/aromatic N) is 4. The van der Waals surface area contributed by atoms with Crippen molar-refractivity contribution in [2.75, 3.05) is 35.3 Å². The third-order valence-electron chi connectivity index (χ3n) is 5.17. The molecule has 0 aliphatic carbocycles. The van der Waals surface area contributed by atoms with Gasteiger partial charge in [-0.3, -0.25) is 0 Å². The highest BCUT2D eigenvalue weighted by molar-refractivity contribution is 5.62. The summed E-state index contributed by atoms with van der Waals surface area (Å²) in [6.07, 6.45) is 5.55. The fourth-order valence-corrected chi connectivity index (χ4v) is 3.62. The minimum absolute atomic E-state index is 0.802. The van der Waals surface area contributed by atoms with Gasteiger partial charge in [-0.05, 0) is 49.1 Å². The minimum Gasteiger partial charge on any atom is -0.372 e. The van der Waals surface area contributed by atoms with Gasteiger partial charge in [-0.15, -0.1) is 0 Å². The summed E-state index contributed by atoms with van der Waals surface area (Å²) < 4.78 is 0. The van der Waals surface area contributed by atoms with Crippen molar-refractivity contribution in [1.29, 1.82) is 0 Å². The zero-order valence-electron chi connectivity index (χ0n) is 16.4. The summed E-state index contributed by atoms with van der Waals surface area (Å²) in [6, 6.07) is 21.0. The lowest BCUT2D eigenvalue weighted by Gasteiger charge is -2.28. The molecule has 4 rings (SSSR count). The Hall–Kier alpha value is -3.08. The van der Waals surface area contributed by atoms with Crippen LogP contribution in [0.3, 0.4) is 0 Å². The summed E-state index contributed by atoms with van der Waals surface area (Å²) in [7, 11) is 2.05. The van der Waals surface area contributed by atoms with E-state index in [1.165, 1.54) is 30.5 Å². The first kappa shape index (κ1) is 18.3. The van der Waals surface area contributed by atoms with Gasteiger partial charge in [-0.1, -0.05) is 30.3 Å². The smallest absolute Gasteiger partial charge is 0.135 e. The van der Waals surface area contributed by atoms with E-state index in [4.69, 9.17) is 0 Å². The first-order valence-corrected chi connectivity index (χ1v) is 9.97. The van der Waals surface area contributed by atoms with Gasteiger partial charge in [0.25, 0.3) is 0 Å². The second-order valence-electron chi connectivity index (χ2n) is 7.32. The third-order valence-corrected chi connectivity index (χ3v) is 5.17. The highest BCUT2D eigenvalue weighted by atomic mass is 15.2. The van der Waals surface area contributed by atoms with E-state index in [1.54, 1.807) is 6.33 Å². The highest BCUT2D eigenvalue weighted by Crippen LogP contribution is 2.24. The van der Waals surface area contributed by atoms with Crippen LogP contribution in [-0.2, 0) is 6.54 Å². The molecule has 0 amide bonds. The van der Waals surface area contributed by atoms with Crippen LogP contribution in [0.5, 0.6) is 0 Å². The quantitative estimate of drug-likeness (QED) is 0.669. The number of benzene rings is 2. The molecule has 5 heteroatoms. The van der Waals surface area contributed by atoms with Crippen molar-refractivity contribution in [3.05, 3.63) is 72.6 Å². The van der Waals surface area contributed by atoms with Crippen LogP contribution in [-0.4, -0.2) is 30.1 Å². The Balaban J connectivity index is 1.41. The van der Waals surface area contributed by atoms with Gasteiger partial charge in [0.15, 0.2) is 0 Å².